The Morgan fingerprint density at radius 2 is 1.97 bits per heavy atom. The lowest BCUT2D eigenvalue weighted by Crippen LogP contribution is -2.43. The highest BCUT2D eigenvalue weighted by molar-refractivity contribution is 7.17. The molecule has 1 aromatic heterocycles. The predicted molar refractivity (Wildman–Crippen MR) is 160 cm³/mol. The number of unbranched alkanes of at least 4 members (excludes halogenated alkanes) is 1. The van der Waals surface area contributed by atoms with E-state index in [0.29, 0.717) is 19.4 Å². The summed E-state index contributed by atoms with van der Waals surface area (Å²) in [5, 5.41) is 10.4. The number of rotatable bonds is 14. The topological polar surface area (TPSA) is 79.9 Å². The van der Waals surface area contributed by atoms with Crippen LogP contribution in [0.4, 0.5) is 11.4 Å². The summed E-state index contributed by atoms with van der Waals surface area (Å²) >= 11 is 1.76. The van der Waals surface area contributed by atoms with Gasteiger partial charge < -0.3 is 20.1 Å². The molecule has 4 rings (SSSR count). The minimum absolute atomic E-state index is 0.0471. The van der Waals surface area contributed by atoms with Gasteiger partial charge in [-0.05, 0) is 61.0 Å². The Bertz CT molecular complexity index is 1270. The van der Waals surface area contributed by atoms with Crippen LogP contribution in [0.2, 0.25) is 0 Å². The van der Waals surface area contributed by atoms with Crippen molar-refractivity contribution < 1.29 is 19.1 Å². The van der Waals surface area contributed by atoms with E-state index >= 15 is 0 Å². The van der Waals surface area contributed by atoms with E-state index in [4.69, 9.17) is 9.47 Å². The van der Waals surface area contributed by atoms with Gasteiger partial charge in [0.25, 0.3) is 0 Å². The minimum atomic E-state index is -0.293. The first-order valence-corrected chi connectivity index (χ1v) is 14.8. The lowest BCUT2D eigenvalue weighted by Gasteiger charge is -2.38. The third kappa shape index (κ3) is 7.31. The molecule has 0 radical (unpaired) electrons. The number of carbonyl (C=O) groups is 2. The van der Waals surface area contributed by atoms with Crippen LogP contribution < -0.4 is 20.3 Å². The average molecular weight is 552 g/mol. The van der Waals surface area contributed by atoms with Gasteiger partial charge in [-0.1, -0.05) is 39.8 Å². The number of nitrogens with zero attached hydrogens (tertiary/aromatic N) is 1. The minimum Gasteiger partial charge on any atom is -0.494 e. The van der Waals surface area contributed by atoms with Crippen molar-refractivity contribution in [1.29, 1.82) is 0 Å². The number of ether oxygens (including phenoxy) is 2. The number of hydrogen-bond donors (Lipinski definition) is 2. The molecule has 0 fully saturated rings. The maximum Gasteiger partial charge on any atom is 0.310 e. The van der Waals surface area contributed by atoms with Crippen molar-refractivity contribution in [1.82, 2.24) is 5.32 Å². The van der Waals surface area contributed by atoms with Crippen molar-refractivity contribution in [3.63, 3.8) is 0 Å². The van der Waals surface area contributed by atoms with E-state index in [1.807, 2.05) is 32.0 Å². The molecule has 1 amide bonds. The molecule has 7 nitrogen and oxygen atoms in total. The number of thiophene rings is 1. The van der Waals surface area contributed by atoms with E-state index in [9.17, 15) is 9.59 Å². The summed E-state index contributed by atoms with van der Waals surface area (Å²) in [5.74, 6) is 0.196. The highest BCUT2D eigenvalue weighted by atomic mass is 32.1. The Kier molecular flexibility index (Phi) is 9.86. The molecule has 210 valence electrons. The molecular weight excluding hydrogens is 510 g/mol. The molecule has 0 bridgehead atoms. The SMILES string of the molecule is CCC(C)C(=O)OCN1C(=O)CC(C)(C)c2ccc(OCCCCNCCNc3cccc4sccc34)cc21. The van der Waals surface area contributed by atoms with Gasteiger partial charge in [-0.15, -0.1) is 11.3 Å². The second-order valence-corrected chi connectivity index (χ2v) is 11.8. The number of hydrogen-bond acceptors (Lipinski definition) is 7. The van der Waals surface area contributed by atoms with Crippen molar-refractivity contribution in [2.45, 2.75) is 58.8 Å². The normalized spacial score (nSPS) is 15.2. The van der Waals surface area contributed by atoms with Gasteiger partial charge in [-0.3, -0.25) is 14.5 Å². The Morgan fingerprint density at radius 3 is 2.79 bits per heavy atom. The van der Waals surface area contributed by atoms with Crippen molar-refractivity contribution in [2.75, 3.05) is 43.2 Å². The summed E-state index contributed by atoms with van der Waals surface area (Å²) in [6, 6.07) is 14.4. The van der Waals surface area contributed by atoms with Crippen LogP contribution in [0.3, 0.4) is 0 Å². The van der Waals surface area contributed by atoms with E-state index in [1.165, 1.54) is 15.8 Å². The number of fused-ring (bicyclic) bond motifs is 2. The standard InChI is InChI=1S/C31H41N3O4S/c1-5-22(2)30(36)38-21-34-27-19-23(11-12-25(27)31(3,4)20-29(34)35)37-17-7-6-14-32-15-16-33-26-9-8-10-28-24(26)13-18-39-28/h8-13,18-19,22,32-33H,5-7,14-17,20-21H2,1-4H3. The Labute approximate surface area is 235 Å². The van der Waals surface area contributed by atoms with Crippen molar-refractivity contribution in [3.8, 4) is 5.75 Å². The van der Waals surface area contributed by atoms with Gasteiger partial charge in [0.15, 0.2) is 6.73 Å². The van der Waals surface area contributed by atoms with Crippen LogP contribution in [-0.2, 0) is 19.7 Å². The van der Waals surface area contributed by atoms with Crippen LogP contribution in [-0.4, -0.2) is 44.8 Å². The maximum absolute atomic E-state index is 13.0. The molecule has 0 saturated heterocycles. The molecule has 2 heterocycles. The molecule has 1 atom stereocenters. The van der Waals surface area contributed by atoms with E-state index in [0.717, 1.165) is 49.5 Å². The molecule has 1 unspecified atom stereocenters. The fourth-order valence-electron chi connectivity index (χ4n) is 4.78. The number of benzene rings is 2. The first-order valence-electron chi connectivity index (χ1n) is 14.0. The fraction of sp³-hybridized carbons (Fsp3) is 0.484. The quantitative estimate of drug-likeness (QED) is 0.180. The molecule has 3 aromatic rings. The van der Waals surface area contributed by atoms with Crippen LogP contribution in [0.25, 0.3) is 10.1 Å². The fourth-order valence-corrected chi connectivity index (χ4v) is 5.59. The zero-order chi connectivity index (χ0) is 27.8. The van der Waals surface area contributed by atoms with E-state index in [1.54, 1.807) is 16.2 Å². The predicted octanol–water partition coefficient (Wildman–Crippen LogP) is 6.32. The van der Waals surface area contributed by atoms with Crippen LogP contribution >= 0.6 is 11.3 Å². The number of anilines is 2. The largest absolute Gasteiger partial charge is 0.494 e. The summed E-state index contributed by atoms with van der Waals surface area (Å²) in [7, 11) is 0. The lowest BCUT2D eigenvalue weighted by molar-refractivity contribution is -0.148. The van der Waals surface area contributed by atoms with Gasteiger partial charge >= 0.3 is 5.97 Å². The zero-order valence-electron chi connectivity index (χ0n) is 23.5. The van der Waals surface area contributed by atoms with Gasteiger partial charge in [-0.25, -0.2) is 0 Å². The Morgan fingerprint density at radius 1 is 1.13 bits per heavy atom. The molecule has 1 aliphatic heterocycles. The van der Waals surface area contributed by atoms with Gasteiger partial charge in [0.1, 0.15) is 5.75 Å². The van der Waals surface area contributed by atoms with Crippen molar-refractivity contribution >= 4 is 44.7 Å². The molecule has 0 saturated carbocycles. The smallest absolute Gasteiger partial charge is 0.310 e. The van der Waals surface area contributed by atoms with E-state index in [2.05, 4.69) is 54.1 Å². The van der Waals surface area contributed by atoms with Crippen molar-refractivity contribution in [3.05, 3.63) is 53.4 Å². The summed E-state index contributed by atoms with van der Waals surface area (Å²) in [6.45, 7) is 11.1. The highest BCUT2D eigenvalue weighted by Gasteiger charge is 2.37. The average Bonchev–Trinajstić information content (AvgIpc) is 3.40. The number of nitrogens with one attached hydrogen (secondary N) is 2. The number of amides is 1. The molecule has 0 spiro atoms. The molecule has 0 aliphatic carbocycles. The van der Waals surface area contributed by atoms with Crippen LogP contribution in [0, 0.1) is 5.92 Å². The first kappa shape index (κ1) is 28.9. The van der Waals surface area contributed by atoms with Crippen molar-refractivity contribution in [2.24, 2.45) is 5.92 Å². The van der Waals surface area contributed by atoms with Gasteiger partial charge in [0.05, 0.1) is 18.2 Å². The summed E-state index contributed by atoms with van der Waals surface area (Å²) < 4.78 is 12.8. The monoisotopic (exact) mass is 551 g/mol. The second-order valence-electron chi connectivity index (χ2n) is 10.8. The third-order valence-corrected chi connectivity index (χ3v) is 8.25. The lowest BCUT2D eigenvalue weighted by atomic mass is 9.77. The van der Waals surface area contributed by atoms with Crippen LogP contribution in [0.5, 0.6) is 5.75 Å². The van der Waals surface area contributed by atoms with Crippen LogP contribution in [0.1, 0.15) is 58.9 Å². The summed E-state index contributed by atoms with van der Waals surface area (Å²) in [4.78, 5) is 26.8. The molecule has 8 heteroatoms. The van der Waals surface area contributed by atoms with Crippen LogP contribution in [0.15, 0.2) is 47.8 Å². The molecule has 2 aromatic carbocycles. The van der Waals surface area contributed by atoms with E-state index in [-0.39, 0.29) is 29.9 Å². The summed E-state index contributed by atoms with van der Waals surface area (Å²) in [6.07, 6.45) is 3.00. The highest BCUT2D eigenvalue weighted by Crippen LogP contribution is 2.42. The number of esters is 1. The molecule has 2 N–H and O–H groups in total. The number of carbonyl (C=O) groups excluding carboxylic acids is 2. The maximum atomic E-state index is 13.0. The third-order valence-electron chi connectivity index (χ3n) is 7.36. The Hall–Kier alpha value is -3.10. The van der Waals surface area contributed by atoms with Gasteiger partial charge in [0.2, 0.25) is 5.91 Å². The van der Waals surface area contributed by atoms with E-state index < -0.39 is 0 Å². The molecule has 39 heavy (non-hydrogen) atoms. The second kappa shape index (κ2) is 13.3. The van der Waals surface area contributed by atoms with Gasteiger partial charge in [0, 0.05) is 46.8 Å². The van der Waals surface area contributed by atoms with Gasteiger partial charge in [-0.2, -0.15) is 0 Å². The summed E-state index contributed by atoms with van der Waals surface area (Å²) in [5.41, 5.74) is 2.71. The zero-order valence-corrected chi connectivity index (χ0v) is 24.4. The molecular formula is C31H41N3O4S. The molecule has 1 aliphatic rings. The first-order chi connectivity index (χ1) is 18.8. The Balaban J connectivity index is 1.21.